The first kappa shape index (κ1) is 20.5. The van der Waals surface area contributed by atoms with E-state index in [2.05, 4.69) is 15.8 Å². The van der Waals surface area contributed by atoms with Crippen molar-refractivity contribution in [1.82, 2.24) is 5.43 Å². The molecule has 1 heterocycles. The van der Waals surface area contributed by atoms with Crippen LogP contribution in [-0.4, -0.2) is 30.6 Å². The minimum atomic E-state index is -0.840. The van der Waals surface area contributed by atoms with Crippen LogP contribution in [-0.2, 0) is 27.2 Å². The number of hydrogen-bond donors (Lipinski definition) is 2. The molecule has 0 radical (unpaired) electrons. The Morgan fingerprint density at radius 2 is 1.86 bits per heavy atom. The van der Waals surface area contributed by atoms with Crippen molar-refractivity contribution in [2.75, 3.05) is 11.9 Å². The summed E-state index contributed by atoms with van der Waals surface area (Å²) in [4.78, 5) is 37.9. The lowest BCUT2D eigenvalue weighted by atomic mass is 9.90. The Labute approximate surface area is 168 Å². The molecule has 0 unspecified atom stereocenters. The largest absolute Gasteiger partial charge is 0.462 e. The third-order valence-electron chi connectivity index (χ3n) is 5.19. The zero-order valence-electron chi connectivity index (χ0n) is 16.2. The molecule has 2 aliphatic carbocycles. The highest BCUT2D eigenvalue weighted by molar-refractivity contribution is 7.17. The van der Waals surface area contributed by atoms with Gasteiger partial charge in [-0.25, -0.2) is 10.2 Å². The highest BCUT2D eigenvalue weighted by Crippen LogP contribution is 2.38. The number of esters is 1. The van der Waals surface area contributed by atoms with Crippen molar-refractivity contribution in [1.29, 1.82) is 0 Å². The molecule has 8 heteroatoms. The SMILES string of the molecule is CCOC(=O)c1c(NC(=O)C(=O)N/N=C/C2CCCCC2)sc2c1CCCC2. The molecule has 1 fully saturated rings. The lowest BCUT2D eigenvalue weighted by Gasteiger charge is -2.16. The second-order valence-electron chi connectivity index (χ2n) is 7.21. The number of hydrogen-bond acceptors (Lipinski definition) is 6. The van der Waals surface area contributed by atoms with Crippen LogP contribution in [0, 0.1) is 5.92 Å². The van der Waals surface area contributed by atoms with E-state index in [-0.39, 0.29) is 6.61 Å². The van der Waals surface area contributed by atoms with Gasteiger partial charge in [0.2, 0.25) is 0 Å². The summed E-state index contributed by atoms with van der Waals surface area (Å²) in [6.07, 6.45) is 11.2. The maximum atomic E-state index is 12.4. The van der Waals surface area contributed by atoms with E-state index in [1.54, 1.807) is 13.1 Å². The van der Waals surface area contributed by atoms with Gasteiger partial charge < -0.3 is 10.1 Å². The molecule has 28 heavy (non-hydrogen) atoms. The first-order valence-corrected chi connectivity index (χ1v) is 10.9. The van der Waals surface area contributed by atoms with Crippen molar-refractivity contribution in [3.63, 3.8) is 0 Å². The normalized spacial score (nSPS) is 17.2. The van der Waals surface area contributed by atoms with Gasteiger partial charge >= 0.3 is 17.8 Å². The van der Waals surface area contributed by atoms with Crippen LogP contribution in [0.4, 0.5) is 5.00 Å². The van der Waals surface area contributed by atoms with Gasteiger partial charge in [-0.05, 0) is 56.9 Å². The van der Waals surface area contributed by atoms with Crippen molar-refractivity contribution in [3.05, 3.63) is 16.0 Å². The van der Waals surface area contributed by atoms with Crippen LogP contribution in [0.1, 0.15) is 72.7 Å². The zero-order valence-corrected chi connectivity index (χ0v) is 17.0. The molecule has 2 N–H and O–H groups in total. The number of anilines is 1. The highest BCUT2D eigenvalue weighted by atomic mass is 32.1. The molecule has 0 bridgehead atoms. The van der Waals surface area contributed by atoms with Crippen LogP contribution in [0.15, 0.2) is 5.10 Å². The molecule has 0 spiro atoms. The van der Waals surface area contributed by atoms with Gasteiger partial charge in [0.25, 0.3) is 0 Å². The number of nitrogens with one attached hydrogen (secondary N) is 2. The summed E-state index contributed by atoms with van der Waals surface area (Å²) in [6.45, 7) is 2.00. The van der Waals surface area contributed by atoms with Crippen molar-refractivity contribution < 1.29 is 19.1 Å². The van der Waals surface area contributed by atoms with Crippen LogP contribution >= 0.6 is 11.3 Å². The third kappa shape index (κ3) is 4.98. The number of thiophene rings is 1. The molecule has 7 nitrogen and oxygen atoms in total. The molecular weight excluding hydrogens is 378 g/mol. The average Bonchev–Trinajstić information content (AvgIpc) is 3.06. The van der Waals surface area contributed by atoms with E-state index in [0.717, 1.165) is 49.0 Å². The molecule has 2 aliphatic rings. The van der Waals surface area contributed by atoms with Crippen LogP contribution < -0.4 is 10.7 Å². The van der Waals surface area contributed by atoms with Gasteiger partial charge in [-0.15, -0.1) is 11.3 Å². The van der Waals surface area contributed by atoms with Crippen LogP contribution in [0.2, 0.25) is 0 Å². The van der Waals surface area contributed by atoms with Gasteiger partial charge in [0.05, 0.1) is 12.2 Å². The monoisotopic (exact) mass is 405 g/mol. The Morgan fingerprint density at radius 3 is 2.61 bits per heavy atom. The summed E-state index contributed by atoms with van der Waals surface area (Å²) >= 11 is 1.36. The van der Waals surface area contributed by atoms with Crippen molar-refractivity contribution in [3.8, 4) is 0 Å². The zero-order chi connectivity index (χ0) is 19.9. The third-order valence-corrected chi connectivity index (χ3v) is 6.39. The Hall–Kier alpha value is -2.22. The summed E-state index contributed by atoms with van der Waals surface area (Å²) in [7, 11) is 0. The van der Waals surface area contributed by atoms with E-state index in [4.69, 9.17) is 4.74 Å². The Bertz CT molecular complexity index is 766. The van der Waals surface area contributed by atoms with Gasteiger partial charge in [0.1, 0.15) is 5.00 Å². The van der Waals surface area contributed by atoms with E-state index in [0.29, 0.717) is 16.5 Å². The van der Waals surface area contributed by atoms with Gasteiger partial charge in [-0.3, -0.25) is 9.59 Å². The van der Waals surface area contributed by atoms with E-state index in [1.165, 1.54) is 30.6 Å². The number of rotatable bonds is 5. The summed E-state index contributed by atoms with van der Waals surface area (Å²) in [5.41, 5.74) is 3.63. The molecule has 0 saturated heterocycles. The molecular formula is C20H27N3O4S. The minimum Gasteiger partial charge on any atom is -0.462 e. The topological polar surface area (TPSA) is 96.9 Å². The summed E-state index contributed by atoms with van der Waals surface area (Å²) < 4.78 is 5.16. The van der Waals surface area contributed by atoms with Crippen molar-refractivity contribution in [2.24, 2.45) is 11.0 Å². The van der Waals surface area contributed by atoms with Gasteiger partial charge in [0.15, 0.2) is 0 Å². The average molecular weight is 406 g/mol. The van der Waals surface area contributed by atoms with Crippen molar-refractivity contribution >= 4 is 40.3 Å². The predicted molar refractivity (Wildman–Crippen MR) is 109 cm³/mol. The van der Waals surface area contributed by atoms with Gasteiger partial charge in [0, 0.05) is 11.1 Å². The van der Waals surface area contributed by atoms with E-state index in [9.17, 15) is 14.4 Å². The summed E-state index contributed by atoms with van der Waals surface area (Å²) in [5, 5.41) is 6.91. The smallest absolute Gasteiger partial charge is 0.341 e. The lowest BCUT2D eigenvalue weighted by molar-refractivity contribution is -0.136. The van der Waals surface area contributed by atoms with Crippen LogP contribution in [0.25, 0.3) is 0 Å². The maximum absolute atomic E-state index is 12.4. The fraction of sp³-hybridized carbons (Fsp3) is 0.600. The maximum Gasteiger partial charge on any atom is 0.341 e. The molecule has 0 atom stereocenters. The number of nitrogens with zero attached hydrogens (tertiary/aromatic N) is 1. The molecule has 0 aromatic carbocycles. The first-order chi connectivity index (χ1) is 13.6. The Morgan fingerprint density at radius 1 is 1.11 bits per heavy atom. The highest BCUT2D eigenvalue weighted by Gasteiger charge is 2.28. The Balaban J connectivity index is 1.65. The number of fused-ring (bicyclic) bond motifs is 1. The Kier molecular flexibility index (Phi) is 7.19. The number of carbonyl (C=O) groups is 3. The van der Waals surface area contributed by atoms with Gasteiger partial charge in [-0.2, -0.15) is 5.10 Å². The first-order valence-electron chi connectivity index (χ1n) is 10.1. The second-order valence-corrected chi connectivity index (χ2v) is 8.31. The number of aryl methyl sites for hydroxylation is 1. The van der Waals surface area contributed by atoms with Crippen LogP contribution in [0.5, 0.6) is 0 Å². The summed E-state index contributed by atoms with van der Waals surface area (Å²) in [6, 6.07) is 0. The van der Waals surface area contributed by atoms with E-state index >= 15 is 0 Å². The fourth-order valence-electron chi connectivity index (χ4n) is 3.77. The molecule has 1 aromatic rings. The minimum absolute atomic E-state index is 0.257. The quantitative estimate of drug-likeness (QED) is 0.339. The van der Waals surface area contributed by atoms with E-state index < -0.39 is 17.8 Å². The number of carbonyl (C=O) groups excluding carboxylic acids is 3. The molecule has 1 aromatic heterocycles. The number of amides is 2. The molecule has 3 rings (SSSR count). The fourth-order valence-corrected chi connectivity index (χ4v) is 5.04. The second kappa shape index (κ2) is 9.82. The molecule has 152 valence electrons. The lowest BCUT2D eigenvalue weighted by Crippen LogP contribution is -2.33. The number of hydrazone groups is 1. The van der Waals surface area contributed by atoms with Gasteiger partial charge in [-0.1, -0.05) is 19.3 Å². The summed E-state index contributed by atoms with van der Waals surface area (Å²) in [5.74, 6) is -1.76. The standard InChI is InChI=1S/C20H27N3O4S/c1-2-27-20(26)16-14-10-6-7-11-15(14)28-19(16)22-17(24)18(25)23-21-12-13-8-4-3-5-9-13/h12-13H,2-11H2,1H3,(H,22,24)(H,23,25)/b21-12+. The van der Waals surface area contributed by atoms with Crippen molar-refractivity contribution in [2.45, 2.75) is 64.7 Å². The van der Waals surface area contributed by atoms with E-state index in [1.807, 2.05) is 0 Å². The molecule has 1 saturated carbocycles. The molecule has 0 aliphatic heterocycles. The predicted octanol–water partition coefficient (Wildman–Crippen LogP) is 3.42. The number of ether oxygens (including phenoxy) is 1. The molecule has 2 amide bonds. The van der Waals surface area contributed by atoms with Crippen LogP contribution in [0.3, 0.4) is 0 Å².